The highest BCUT2D eigenvalue weighted by atomic mass is 19.1. The zero-order chi connectivity index (χ0) is 13.8. The predicted molar refractivity (Wildman–Crippen MR) is 65.9 cm³/mol. The number of nitrogens with two attached hydrogens (primary N) is 1. The van der Waals surface area contributed by atoms with Gasteiger partial charge in [-0.05, 0) is 25.5 Å². The Morgan fingerprint density at radius 1 is 1.50 bits per heavy atom. The van der Waals surface area contributed by atoms with E-state index in [9.17, 15) is 9.18 Å². The van der Waals surface area contributed by atoms with E-state index in [1.165, 1.54) is 19.2 Å². The summed E-state index contributed by atoms with van der Waals surface area (Å²) >= 11 is 0. The van der Waals surface area contributed by atoms with Gasteiger partial charge in [0.1, 0.15) is 17.1 Å². The molecule has 0 amide bonds. The van der Waals surface area contributed by atoms with Gasteiger partial charge in [-0.2, -0.15) is 0 Å². The average Bonchev–Trinajstić information content (AvgIpc) is 2.32. The summed E-state index contributed by atoms with van der Waals surface area (Å²) in [6.45, 7) is 3.60. The molecule has 0 aliphatic carbocycles. The van der Waals surface area contributed by atoms with Gasteiger partial charge in [0.2, 0.25) is 0 Å². The molecule has 0 saturated heterocycles. The zero-order valence-corrected chi connectivity index (χ0v) is 10.8. The fourth-order valence-corrected chi connectivity index (χ4v) is 1.44. The van der Waals surface area contributed by atoms with Crippen LogP contribution in [0.4, 0.5) is 4.39 Å². The summed E-state index contributed by atoms with van der Waals surface area (Å²) in [6, 6.07) is 4.30. The lowest BCUT2D eigenvalue weighted by Gasteiger charge is -2.21. The van der Waals surface area contributed by atoms with Gasteiger partial charge in [-0.1, -0.05) is 6.07 Å². The number of hydrogen-bond donors (Lipinski definition) is 1. The van der Waals surface area contributed by atoms with E-state index in [2.05, 4.69) is 4.74 Å². The summed E-state index contributed by atoms with van der Waals surface area (Å²) in [5, 5.41) is 0. The average molecular weight is 255 g/mol. The van der Waals surface area contributed by atoms with Crippen LogP contribution in [0, 0.1) is 12.7 Å². The minimum atomic E-state index is -1.10. The second kappa shape index (κ2) is 5.82. The van der Waals surface area contributed by atoms with Gasteiger partial charge in [0.05, 0.1) is 13.7 Å². The molecule has 0 radical (unpaired) electrons. The Morgan fingerprint density at radius 3 is 2.78 bits per heavy atom. The van der Waals surface area contributed by atoms with E-state index in [1.54, 1.807) is 13.0 Å². The van der Waals surface area contributed by atoms with Crippen LogP contribution in [-0.2, 0) is 9.53 Å². The second-order valence-corrected chi connectivity index (χ2v) is 4.42. The molecule has 18 heavy (non-hydrogen) atoms. The van der Waals surface area contributed by atoms with Gasteiger partial charge in [-0.15, -0.1) is 0 Å². The summed E-state index contributed by atoms with van der Waals surface area (Å²) < 4.78 is 23.0. The van der Waals surface area contributed by atoms with Crippen molar-refractivity contribution >= 4 is 5.97 Å². The Balaban J connectivity index is 2.56. The van der Waals surface area contributed by atoms with Gasteiger partial charge in [-0.25, -0.2) is 4.39 Å². The highest BCUT2D eigenvalue weighted by Gasteiger charge is 2.29. The van der Waals surface area contributed by atoms with E-state index in [0.29, 0.717) is 5.75 Å². The van der Waals surface area contributed by atoms with Crippen molar-refractivity contribution in [2.24, 2.45) is 5.73 Å². The molecular weight excluding hydrogens is 237 g/mol. The fourth-order valence-electron chi connectivity index (χ4n) is 1.44. The minimum absolute atomic E-state index is 0.215. The molecule has 0 aliphatic heterocycles. The number of carbonyl (C=O) groups excluding carboxylic acids is 1. The van der Waals surface area contributed by atoms with Crippen molar-refractivity contribution in [3.63, 3.8) is 0 Å². The van der Waals surface area contributed by atoms with E-state index in [4.69, 9.17) is 10.5 Å². The third-order valence-corrected chi connectivity index (χ3v) is 2.68. The van der Waals surface area contributed by atoms with Crippen LogP contribution in [-0.4, -0.2) is 25.2 Å². The van der Waals surface area contributed by atoms with Crippen LogP contribution in [0.1, 0.15) is 18.9 Å². The second-order valence-electron chi connectivity index (χ2n) is 4.42. The number of carbonyl (C=O) groups is 1. The maximum atomic E-state index is 13.0. The first-order chi connectivity index (χ1) is 8.36. The predicted octanol–water partition coefficient (Wildman–Crippen LogP) is 1.79. The molecule has 0 spiro atoms. The van der Waals surface area contributed by atoms with Gasteiger partial charge in [0.25, 0.3) is 0 Å². The first kappa shape index (κ1) is 14.4. The van der Waals surface area contributed by atoms with Gasteiger partial charge < -0.3 is 15.2 Å². The van der Waals surface area contributed by atoms with Crippen LogP contribution in [0.2, 0.25) is 0 Å². The van der Waals surface area contributed by atoms with E-state index in [0.717, 1.165) is 5.56 Å². The van der Waals surface area contributed by atoms with E-state index in [-0.39, 0.29) is 18.8 Å². The number of hydrogen-bond acceptors (Lipinski definition) is 4. The molecule has 1 aromatic carbocycles. The summed E-state index contributed by atoms with van der Waals surface area (Å²) in [5.74, 6) is -0.406. The van der Waals surface area contributed by atoms with Crippen LogP contribution in [0.3, 0.4) is 0 Å². The van der Waals surface area contributed by atoms with Crippen LogP contribution in [0.15, 0.2) is 18.2 Å². The number of methoxy groups -OCH3 is 1. The van der Waals surface area contributed by atoms with E-state index < -0.39 is 11.5 Å². The molecule has 1 aromatic rings. The number of esters is 1. The van der Waals surface area contributed by atoms with Gasteiger partial charge in [-0.3, -0.25) is 4.79 Å². The normalized spacial score (nSPS) is 13.8. The molecular formula is C13H18FNO3. The van der Waals surface area contributed by atoms with Crippen molar-refractivity contribution in [1.29, 1.82) is 0 Å². The monoisotopic (exact) mass is 255 g/mol. The summed E-state index contributed by atoms with van der Waals surface area (Å²) in [4.78, 5) is 11.3. The van der Waals surface area contributed by atoms with Crippen LogP contribution >= 0.6 is 0 Å². The maximum absolute atomic E-state index is 13.0. The number of aryl methyl sites for hydroxylation is 1. The Labute approximate surface area is 106 Å². The number of rotatable bonds is 5. The van der Waals surface area contributed by atoms with Gasteiger partial charge in [0.15, 0.2) is 0 Å². The minimum Gasteiger partial charge on any atom is -0.493 e. The SMILES string of the molecule is COC(=O)C(C)(N)CCOc1cc(F)ccc1C. The molecule has 1 unspecified atom stereocenters. The van der Waals surface area contributed by atoms with E-state index in [1.807, 2.05) is 6.92 Å². The molecule has 5 heteroatoms. The van der Waals surface area contributed by atoms with Crippen molar-refractivity contribution in [2.75, 3.05) is 13.7 Å². The fraction of sp³-hybridized carbons (Fsp3) is 0.462. The topological polar surface area (TPSA) is 61.5 Å². The lowest BCUT2D eigenvalue weighted by molar-refractivity contribution is -0.146. The third kappa shape index (κ3) is 3.70. The van der Waals surface area contributed by atoms with Crippen molar-refractivity contribution in [3.05, 3.63) is 29.6 Å². The van der Waals surface area contributed by atoms with Gasteiger partial charge in [0, 0.05) is 12.5 Å². The highest BCUT2D eigenvalue weighted by molar-refractivity contribution is 5.79. The number of benzene rings is 1. The first-order valence-corrected chi connectivity index (χ1v) is 5.63. The lowest BCUT2D eigenvalue weighted by Crippen LogP contribution is -2.46. The molecule has 0 heterocycles. The molecule has 2 N–H and O–H groups in total. The molecule has 0 bridgehead atoms. The Kier molecular flexibility index (Phi) is 4.67. The summed E-state index contributed by atoms with van der Waals surface area (Å²) in [6.07, 6.45) is 0.287. The smallest absolute Gasteiger partial charge is 0.325 e. The lowest BCUT2D eigenvalue weighted by atomic mass is 10.0. The summed E-state index contributed by atoms with van der Waals surface area (Å²) in [5.41, 5.74) is 5.50. The maximum Gasteiger partial charge on any atom is 0.325 e. The Hall–Kier alpha value is -1.62. The van der Waals surface area contributed by atoms with Crippen LogP contribution in [0.25, 0.3) is 0 Å². The molecule has 1 rings (SSSR count). The highest BCUT2D eigenvalue weighted by Crippen LogP contribution is 2.19. The number of ether oxygens (including phenoxy) is 2. The zero-order valence-electron chi connectivity index (χ0n) is 10.8. The molecule has 1 atom stereocenters. The van der Waals surface area contributed by atoms with Crippen molar-refractivity contribution in [1.82, 2.24) is 0 Å². The Bertz CT molecular complexity index is 432. The molecule has 0 aromatic heterocycles. The standard InChI is InChI=1S/C13H18FNO3/c1-9-4-5-10(14)8-11(9)18-7-6-13(2,15)12(16)17-3/h4-5,8H,6-7,15H2,1-3H3. The Morgan fingerprint density at radius 2 is 2.17 bits per heavy atom. The molecule has 0 saturated carbocycles. The molecule has 0 fully saturated rings. The number of halogens is 1. The molecule has 0 aliphatic rings. The first-order valence-electron chi connectivity index (χ1n) is 5.63. The quantitative estimate of drug-likeness (QED) is 0.815. The third-order valence-electron chi connectivity index (χ3n) is 2.68. The van der Waals surface area contributed by atoms with Crippen molar-refractivity contribution < 1.29 is 18.7 Å². The van der Waals surface area contributed by atoms with Crippen molar-refractivity contribution in [3.8, 4) is 5.75 Å². The van der Waals surface area contributed by atoms with Crippen LogP contribution in [0.5, 0.6) is 5.75 Å². The van der Waals surface area contributed by atoms with Crippen LogP contribution < -0.4 is 10.5 Å². The van der Waals surface area contributed by atoms with Crippen molar-refractivity contribution in [2.45, 2.75) is 25.8 Å². The molecule has 100 valence electrons. The molecule has 4 nitrogen and oxygen atoms in total. The summed E-state index contributed by atoms with van der Waals surface area (Å²) in [7, 11) is 1.28. The van der Waals surface area contributed by atoms with Gasteiger partial charge >= 0.3 is 5.97 Å². The largest absolute Gasteiger partial charge is 0.493 e. The van der Waals surface area contributed by atoms with E-state index >= 15 is 0 Å².